The third-order valence-corrected chi connectivity index (χ3v) is 6.16. The summed E-state index contributed by atoms with van der Waals surface area (Å²) in [6.45, 7) is 3.43. The number of imide groups is 1. The zero-order valence-electron chi connectivity index (χ0n) is 20.9. The van der Waals surface area contributed by atoms with E-state index in [0.717, 1.165) is 28.3 Å². The van der Waals surface area contributed by atoms with Crippen LogP contribution in [0.15, 0.2) is 66.9 Å². The number of fused-ring (bicyclic) bond motifs is 2. The number of hydrogen-bond acceptors (Lipinski definition) is 6. The first-order valence-corrected chi connectivity index (χ1v) is 11.8. The van der Waals surface area contributed by atoms with Gasteiger partial charge >= 0.3 is 6.18 Å². The highest BCUT2D eigenvalue weighted by Gasteiger charge is 2.38. The van der Waals surface area contributed by atoms with Crippen molar-refractivity contribution in [1.82, 2.24) is 14.5 Å². The van der Waals surface area contributed by atoms with E-state index in [1.807, 2.05) is 36.4 Å². The number of benzene rings is 2. The van der Waals surface area contributed by atoms with E-state index in [0.29, 0.717) is 24.2 Å². The van der Waals surface area contributed by atoms with Crippen LogP contribution in [-0.4, -0.2) is 45.5 Å². The second-order valence-corrected chi connectivity index (χ2v) is 8.45. The number of hydrogen-bond donors (Lipinski definition) is 0. The fraction of sp³-hybridized carbons (Fsp3) is 0.222. The van der Waals surface area contributed by atoms with E-state index in [1.54, 1.807) is 37.6 Å². The second-order valence-electron chi connectivity index (χ2n) is 8.45. The van der Waals surface area contributed by atoms with Gasteiger partial charge in [-0.25, -0.2) is 9.13 Å². The largest absolute Gasteiger partial charge is 0.542 e. The maximum Gasteiger partial charge on any atom is 0.430 e. The van der Waals surface area contributed by atoms with Crippen LogP contribution in [0, 0.1) is 0 Å². The molecule has 39 heavy (non-hydrogen) atoms. The number of nitrogens with zero attached hydrogens (tertiary/aromatic N) is 4. The summed E-state index contributed by atoms with van der Waals surface area (Å²) in [5.74, 6) is -1.93. The van der Waals surface area contributed by atoms with Crippen LogP contribution in [0.1, 0.15) is 39.2 Å². The summed E-state index contributed by atoms with van der Waals surface area (Å²) in [6, 6.07) is 18.7. The first-order chi connectivity index (χ1) is 18.6. The number of carboxylic acids is 1. The minimum absolute atomic E-state index is 0.171. The molecular formula is C27H23F3N4O5. The van der Waals surface area contributed by atoms with Crippen LogP contribution in [-0.2, 0) is 24.4 Å². The molecule has 0 spiro atoms. The van der Waals surface area contributed by atoms with Gasteiger partial charge in [-0.15, -0.1) is 0 Å². The number of amides is 2. The predicted octanol–water partition coefficient (Wildman–Crippen LogP) is 2.50. The molecule has 0 N–H and O–H groups in total. The lowest BCUT2D eigenvalue weighted by atomic mass is 10.1. The summed E-state index contributed by atoms with van der Waals surface area (Å²) >= 11 is 0. The van der Waals surface area contributed by atoms with Gasteiger partial charge in [0.05, 0.1) is 30.5 Å². The molecular weight excluding hydrogens is 517 g/mol. The van der Waals surface area contributed by atoms with Gasteiger partial charge in [0.15, 0.2) is 11.0 Å². The van der Waals surface area contributed by atoms with Gasteiger partial charge in [0, 0.05) is 12.3 Å². The van der Waals surface area contributed by atoms with E-state index >= 15 is 0 Å². The van der Waals surface area contributed by atoms with Gasteiger partial charge in [-0.05, 0) is 43.3 Å². The molecule has 3 heterocycles. The highest BCUT2D eigenvalue weighted by atomic mass is 19.4. The van der Waals surface area contributed by atoms with Crippen molar-refractivity contribution in [2.24, 2.45) is 0 Å². The molecule has 0 saturated heterocycles. The van der Waals surface area contributed by atoms with Crippen molar-refractivity contribution >= 4 is 28.8 Å². The quantitative estimate of drug-likeness (QED) is 0.275. The molecule has 5 rings (SSSR count). The number of halogens is 3. The third kappa shape index (κ3) is 5.44. The second kappa shape index (κ2) is 10.9. The number of carbonyl (C=O) groups is 3. The Morgan fingerprint density at radius 3 is 2.13 bits per heavy atom. The number of rotatable bonds is 6. The van der Waals surface area contributed by atoms with Crippen molar-refractivity contribution in [3.8, 4) is 5.75 Å². The summed E-state index contributed by atoms with van der Waals surface area (Å²) < 4.78 is 41.3. The molecule has 2 aromatic carbocycles. The van der Waals surface area contributed by atoms with Crippen LogP contribution >= 0.6 is 0 Å². The van der Waals surface area contributed by atoms with Gasteiger partial charge in [0.2, 0.25) is 0 Å². The molecule has 2 aromatic heterocycles. The number of carbonyl (C=O) groups excluding carboxylic acids is 3. The molecule has 12 heteroatoms. The third-order valence-electron chi connectivity index (χ3n) is 6.16. The zero-order valence-corrected chi connectivity index (χ0v) is 20.9. The lowest BCUT2D eigenvalue weighted by Crippen LogP contribution is -2.42. The molecule has 0 saturated carbocycles. The standard InChI is InChI=1S/C25H23N4O3.C2HF3O2/c1-3-27-21-12-11-18(32-2)14-22(21)28(15-17-8-6-7-13-26-17)23(27)16-29-24(30)19-9-4-5-10-20(19)25(29)31;3-2(4,5)1(6)7/h4-14H,3,15-16H2,1-2H3;(H,6,7)/q+1;/p-1. The number of carboxylic acid groups (broad SMARTS) is 1. The molecule has 0 fully saturated rings. The van der Waals surface area contributed by atoms with Crippen molar-refractivity contribution in [3.63, 3.8) is 0 Å². The molecule has 1 aliphatic heterocycles. The van der Waals surface area contributed by atoms with Crippen LogP contribution in [0.5, 0.6) is 5.75 Å². The number of ether oxygens (including phenoxy) is 1. The van der Waals surface area contributed by atoms with Crippen LogP contribution < -0.4 is 14.4 Å². The van der Waals surface area contributed by atoms with Gasteiger partial charge in [-0.2, -0.15) is 13.2 Å². The Morgan fingerprint density at radius 1 is 1.00 bits per heavy atom. The summed E-state index contributed by atoms with van der Waals surface area (Å²) in [4.78, 5) is 40.7. The van der Waals surface area contributed by atoms with E-state index in [1.165, 1.54) is 4.90 Å². The minimum Gasteiger partial charge on any atom is -0.542 e. The summed E-state index contributed by atoms with van der Waals surface area (Å²) in [6.07, 6.45) is -3.43. The number of methoxy groups -OCH3 is 1. The van der Waals surface area contributed by atoms with Crippen molar-refractivity contribution in [2.75, 3.05) is 7.11 Å². The minimum atomic E-state index is -5.19. The van der Waals surface area contributed by atoms with Crippen molar-refractivity contribution in [2.45, 2.75) is 32.7 Å². The van der Waals surface area contributed by atoms with E-state index in [2.05, 4.69) is 21.0 Å². The molecule has 9 nitrogen and oxygen atoms in total. The van der Waals surface area contributed by atoms with Crippen LogP contribution in [0.3, 0.4) is 0 Å². The summed E-state index contributed by atoms with van der Waals surface area (Å²) in [5.41, 5.74) is 3.77. The Bertz CT molecular complexity index is 1520. The summed E-state index contributed by atoms with van der Waals surface area (Å²) in [5, 5.41) is 8.78. The number of aliphatic carboxylic acids is 1. The van der Waals surface area contributed by atoms with Gasteiger partial charge < -0.3 is 14.6 Å². The molecule has 202 valence electrons. The highest BCUT2D eigenvalue weighted by molar-refractivity contribution is 6.21. The van der Waals surface area contributed by atoms with Crippen LogP contribution in [0.2, 0.25) is 0 Å². The van der Waals surface area contributed by atoms with Gasteiger partial charge in [0.1, 0.15) is 24.8 Å². The molecule has 0 bridgehead atoms. The van der Waals surface area contributed by atoms with E-state index in [-0.39, 0.29) is 18.4 Å². The Kier molecular flexibility index (Phi) is 7.65. The molecule has 0 aliphatic carbocycles. The Balaban J connectivity index is 0.000000448. The Labute approximate surface area is 220 Å². The lowest BCUT2D eigenvalue weighted by molar-refractivity contribution is -0.677. The van der Waals surface area contributed by atoms with Crippen molar-refractivity contribution < 1.29 is 42.0 Å². The monoisotopic (exact) mass is 540 g/mol. The molecule has 0 radical (unpaired) electrons. The maximum absolute atomic E-state index is 13.1. The topological polar surface area (TPSA) is 108 Å². The number of aromatic nitrogens is 3. The first kappa shape index (κ1) is 27.3. The van der Waals surface area contributed by atoms with Crippen molar-refractivity contribution in [1.29, 1.82) is 0 Å². The fourth-order valence-electron chi connectivity index (χ4n) is 4.38. The van der Waals surface area contributed by atoms with Crippen LogP contribution in [0.4, 0.5) is 13.2 Å². The summed E-state index contributed by atoms with van der Waals surface area (Å²) in [7, 11) is 1.64. The van der Waals surface area contributed by atoms with Crippen LogP contribution in [0.25, 0.3) is 11.0 Å². The molecule has 1 aliphatic rings. The molecule has 0 unspecified atom stereocenters. The number of alkyl halides is 3. The first-order valence-electron chi connectivity index (χ1n) is 11.8. The number of aryl methyl sites for hydroxylation is 1. The molecule has 2 amide bonds. The maximum atomic E-state index is 13.1. The number of imidazole rings is 1. The van der Waals surface area contributed by atoms with Gasteiger partial charge in [-0.1, -0.05) is 18.2 Å². The van der Waals surface area contributed by atoms with E-state index in [4.69, 9.17) is 14.6 Å². The normalized spacial score (nSPS) is 12.8. The van der Waals surface area contributed by atoms with E-state index < -0.39 is 12.1 Å². The fourth-order valence-corrected chi connectivity index (χ4v) is 4.38. The van der Waals surface area contributed by atoms with Gasteiger partial charge in [-0.3, -0.25) is 19.5 Å². The smallest absolute Gasteiger partial charge is 0.430 e. The Hall–Kier alpha value is -4.74. The van der Waals surface area contributed by atoms with Gasteiger partial charge in [0.25, 0.3) is 17.6 Å². The highest BCUT2D eigenvalue weighted by Crippen LogP contribution is 2.27. The zero-order chi connectivity index (χ0) is 28.3. The van der Waals surface area contributed by atoms with E-state index in [9.17, 15) is 22.8 Å². The molecule has 0 atom stereocenters. The number of pyridine rings is 1. The average molecular weight is 540 g/mol. The Morgan fingerprint density at radius 2 is 1.62 bits per heavy atom. The average Bonchev–Trinajstić information content (AvgIpc) is 3.35. The molecule has 4 aromatic rings. The SMILES string of the molecule is CC[n+]1c(CN2C(=O)c3ccccc3C2=O)n(Cc2ccccn2)c2cc(OC)ccc21.O=C([O-])C(F)(F)F. The lowest BCUT2D eigenvalue weighted by Gasteiger charge is -2.13. The van der Waals surface area contributed by atoms with Crippen molar-refractivity contribution in [3.05, 3.63) is 89.5 Å². The predicted molar refractivity (Wildman–Crippen MR) is 129 cm³/mol.